The second-order valence-electron chi connectivity index (χ2n) is 5.60. The lowest BCUT2D eigenvalue weighted by Crippen LogP contribution is -2.58. The van der Waals surface area contributed by atoms with Gasteiger partial charge >= 0.3 is 6.03 Å². The zero-order valence-electron chi connectivity index (χ0n) is 11.4. The van der Waals surface area contributed by atoms with Gasteiger partial charge in [-0.1, -0.05) is 19.3 Å². The summed E-state index contributed by atoms with van der Waals surface area (Å²) in [5.41, 5.74) is 5.74. The van der Waals surface area contributed by atoms with Gasteiger partial charge in [0.2, 0.25) is 0 Å². The van der Waals surface area contributed by atoms with E-state index in [2.05, 4.69) is 17.3 Å². The quantitative estimate of drug-likeness (QED) is 0.759. The van der Waals surface area contributed by atoms with E-state index in [9.17, 15) is 4.79 Å². The van der Waals surface area contributed by atoms with Crippen LogP contribution in [0.5, 0.6) is 0 Å². The second-order valence-corrected chi connectivity index (χ2v) is 5.60. The average Bonchev–Trinajstić information content (AvgIpc) is 2.40. The maximum Gasteiger partial charge on any atom is 0.317 e. The molecule has 1 aliphatic heterocycles. The van der Waals surface area contributed by atoms with E-state index in [1.54, 1.807) is 0 Å². The Balaban J connectivity index is 1.81. The van der Waals surface area contributed by atoms with Crippen molar-refractivity contribution >= 4 is 6.03 Å². The predicted molar refractivity (Wildman–Crippen MR) is 72.5 cm³/mol. The molecule has 2 fully saturated rings. The lowest BCUT2D eigenvalue weighted by Gasteiger charge is -2.39. The largest absolute Gasteiger partial charge is 0.335 e. The van der Waals surface area contributed by atoms with Gasteiger partial charge in [0.25, 0.3) is 0 Å². The van der Waals surface area contributed by atoms with Gasteiger partial charge in [-0.15, -0.1) is 0 Å². The molecule has 2 aliphatic rings. The molecule has 5 heteroatoms. The van der Waals surface area contributed by atoms with Gasteiger partial charge in [0.15, 0.2) is 0 Å². The highest BCUT2D eigenvalue weighted by molar-refractivity contribution is 5.74. The summed E-state index contributed by atoms with van der Waals surface area (Å²) in [6.45, 7) is 3.10. The van der Waals surface area contributed by atoms with E-state index in [1.807, 2.05) is 4.90 Å². The van der Waals surface area contributed by atoms with E-state index in [1.165, 1.54) is 19.3 Å². The molecular formula is C13H26N4O. The molecule has 0 spiro atoms. The molecule has 1 atom stereocenters. The van der Waals surface area contributed by atoms with Crippen molar-refractivity contribution in [1.82, 2.24) is 15.1 Å². The minimum Gasteiger partial charge on any atom is -0.335 e. The molecular weight excluding hydrogens is 228 g/mol. The van der Waals surface area contributed by atoms with Crippen LogP contribution in [0.15, 0.2) is 0 Å². The van der Waals surface area contributed by atoms with Crippen LogP contribution in [0.2, 0.25) is 0 Å². The van der Waals surface area contributed by atoms with Crippen LogP contribution in [-0.2, 0) is 0 Å². The van der Waals surface area contributed by atoms with Crippen LogP contribution in [-0.4, -0.2) is 61.1 Å². The number of nitrogens with two attached hydrogens (primary N) is 1. The smallest absolute Gasteiger partial charge is 0.317 e. The number of nitrogens with zero attached hydrogens (tertiary/aromatic N) is 2. The first-order valence-corrected chi connectivity index (χ1v) is 7.16. The van der Waals surface area contributed by atoms with Crippen molar-refractivity contribution < 1.29 is 4.79 Å². The van der Waals surface area contributed by atoms with Crippen LogP contribution in [0.1, 0.15) is 32.1 Å². The van der Waals surface area contributed by atoms with E-state index in [4.69, 9.17) is 5.73 Å². The number of carbonyl (C=O) groups is 1. The number of rotatable bonds is 2. The van der Waals surface area contributed by atoms with Crippen LogP contribution in [0.25, 0.3) is 0 Å². The van der Waals surface area contributed by atoms with E-state index in [-0.39, 0.29) is 6.03 Å². The maximum atomic E-state index is 12.2. The zero-order valence-corrected chi connectivity index (χ0v) is 11.4. The molecule has 104 valence electrons. The summed E-state index contributed by atoms with van der Waals surface area (Å²) < 4.78 is 0. The van der Waals surface area contributed by atoms with Crippen LogP contribution < -0.4 is 11.1 Å². The average molecular weight is 254 g/mol. The van der Waals surface area contributed by atoms with Gasteiger partial charge in [0.1, 0.15) is 0 Å². The normalized spacial score (nSPS) is 27.2. The molecule has 2 amide bonds. The molecule has 1 saturated carbocycles. The molecule has 0 aromatic rings. The first-order chi connectivity index (χ1) is 8.70. The van der Waals surface area contributed by atoms with E-state index < -0.39 is 0 Å². The van der Waals surface area contributed by atoms with Gasteiger partial charge in [0, 0.05) is 38.3 Å². The maximum absolute atomic E-state index is 12.2. The molecule has 1 saturated heterocycles. The predicted octanol–water partition coefficient (Wildman–Crippen LogP) is 0.603. The van der Waals surface area contributed by atoms with Crippen molar-refractivity contribution in [2.24, 2.45) is 5.73 Å². The van der Waals surface area contributed by atoms with Crippen LogP contribution >= 0.6 is 0 Å². The van der Waals surface area contributed by atoms with Crippen LogP contribution in [0, 0.1) is 0 Å². The highest BCUT2D eigenvalue weighted by atomic mass is 16.2. The summed E-state index contributed by atoms with van der Waals surface area (Å²) in [4.78, 5) is 16.4. The fourth-order valence-electron chi connectivity index (χ4n) is 2.90. The number of likely N-dealkylation sites (N-methyl/N-ethyl adjacent to an activating group) is 1. The number of hydrogen-bond acceptors (Lipinski definition) is 3. The highest BCUT2D eigenvalue weighted by Gasteiger charge is 2.27. The van der Waals surface area contributed by atoms with Gasteiger partial charge in [0.05, 0.1) is 0 Å². The Bertz CT molecular complexity index is 278. The molecule has 1 aliphatic carbocycles. The van der Waals surface area contributed by atoms with Crippen LogP contribution in [0.3, 0.4) is 0 Å². The number of piperazine rings is 1. The molecule has 0 bridgehead atoms. The Morgan fingerprint density at radius 2 is 2.00 bits per heavy atom. The number of carbonyl (C=O) groups excluding carboxylic acids is 1. The molecule has 5 nitrogen and oxygen atoms in total. The number of nitrogens with one attached hydrogen (secondary N) is 1. The monoisotopic (exact) mass is 254 g/mol. The number of urea groups is 1. The number of amides is 2. The van der Waals surface area contributed by atoms with Crippen molar-refractivity contribution in [2.75, 3.05) is 33.2 Å². The van der Waals surface area contributed by atoms with Crippen molar-refractivity contribution in [3.05, 3.63) is 0 Å². The molecule has 0 radical (unpaired) electrons. The van der Waals surface area contributed by atoms with Crippen molar-refractivity contribution in [1.29, 1.82) is 0 Å². The topological polar surface area (TPSA) is 61.6 Å². The summed E-state index contributed by atoms with van der Waals surface area (Å²) in [6, 6.07) is 0.798. The standard InChI is InChI=1S/C13H26N4O/c1-16-7-8-17(10-12(16)9-14)13(18)15-11-5-3-2-4-6-11/h11-12H,2-10,14H2,1H3,(H,15,18). The molecule has 3 N–H and O–H groups in total. The lowest BCUT2D eigenvalue weighted by atomic mass is 9.96. The van der Waals surface area contributed by atoms with Gasteiger partial charge in [-0.3, -0.25) is 4.90 Å². The lowest BCUT2D eigenvalue weighted by molar-refractivity contribution is 0.111. The van der Waals surface area contributed by atoms with Gasteiger partial charge in [-0.05, 0) is 19.9 Å². The molecule has 1 unspecified atom stereocenters. The van der Waals surface area contributed by atoms with E-state index >= 15 is 0 Å². The Morgan fingerprint density at radius 1 is 1.28 bits per heavy atom. The van der Waals surface area contributed by atoms with Crippen molar-refractivity contribution in [2.45, 2.75) is 44.2 Å². The first kappa shape index (κ1) is 13.6. The van der Waals surface area contributed by atoms with Crippen molar-refractivity contribution in [3.63, 3.8) is 0 Å². The molecule has 1 heterocycles. The van der Waals surface area contributed by atoms with Gasteiger partial charge in [-0.2, -0.15) is 0 Å². The summed E-state index contributed by atoms with van der Waals surface area (Å²) in [5.74, 6) is 0. The van der Waals surface area contributed by atoms with E-state index in [0.29, 0.717) is 18.6 Å². The second kappa shape index (κ2) is 6.38. The third kappa shape index (κ3) is 3.36. The Kier molecular flexibility index (Phi) is 4.83. The third-order valence-corrected chi connectivity index (χ3v) is 4.27. The molecule has 0 aromatic heterocycles. The molecule has 2 rings (SSSR count). The van der Waals surface area contributed by atoms with Gasteiger partial charge in [-0.25, -0.2) is 4.79 Å². The summed E-state index contributed by atoms with van der Waals surface area (Å²) in [6.07, 6.45) is 6.09. The third-order valence-electron chi connectivity index (χ3n) is 4.27. The van der Waals surface area contributed by atoms with Crippen LogP contribution in [0.4, 0.5) is 4.79 Å². The minimum absolute atomic E-state index is 0.105. The first-order valence-electron chi connectivity index (χ1n) is 7.16. The summed E-state index contributed by atoms with van der Waals surface area (Å²) in [7, 11) is 2.08. The van der Waals surface area contributed by atoms with E-state index in [0.717, 1.165) is 32.5 Å². The van der Waals surface area contributed by atoms with Crippen molar-refractivity contribution in [3.8, 4) is 0 Å². The Morgan fingerprint density at radius 3 is 2.67 bits per heavy atom. The fraction of sp³-hybridized carbons (Fsp3) is 0.923. The Hall–Kier alpha value is -0.810. The fourth-order valence-corrected chi connectivity index (χ4v) is 2.90. The Labute approximate surface area is 110 Å². The SMILES string of the molecule is CN1CCN(C(=O)NC2CCCCC2)CC1CN. The summed E-state index contributed by atoms with van der Waals surface area (Å²) >= 11 is 0. The highest BCUT2D eigenvalue weighted by Crippen LogP contribution is 2.18. The zero-order chi connectivity index (χ0) is 13.0. The van der Waals surface area contributed by atoms with Gasteiger partial charge < -0.3 is 16.0 Å². The summed E-state index contributed by atoms with van der Waals surface area (Å²) in [5, 5.41) is 3.18. The molecule has 0 aromatic carbocycles. The minimum atomic E-state index is 0.105. The number of hydrogen-bond donors (Lipinski definition) is 2. The molecule has 18 heavy (non-hydrogen) atoms.